The van der Waals surface area contributed by atoms with Gasteiger partial charge in [-0.15, -0.1) is 0 Å². The van der Waals surface area contributed by atoms with Crippen LogP contribution in [0, 0.1) is 6.92 Å². The summed E-state index contributed by atoms with van der Waals surface area (Å²) in [6, 6.07) is 19.4. The molecule has 0 unspecified atom stereocenters. The van der Waals surface area contributed by atoms with E-state index in [1.54, 1.807) is 0 Å². The third-order valence-electron chi connectivity index (χ3n) is 4.35. The third kappa shape index (κ3) is 5.13. The molecule has 0 aliphatic heterocycles. The lowest BCUT2D eigenvalue weighted by atomic mass is 9.96. The minimum Gasteiger partial charge on any atom is -0.371 e. The van der Waals surface area contributed by atoms with Crippen molar-refractivity contribution in [1.82, 2.24) is 0 Å². The lowest BCUT2D eigenvalue weighted by Crippen LogP contribution is -2.21. The fourth-order valence-corrected chi connectivity index (χ4v) is 3.05. The fourth-order valence-electron chi connectivity index (χ4n) is 3.05. The summed E-state index contributed by atoms with van der Waals surface area (Å²) in [4.78, 5) is 2.33. The van der Waals surface area contributed by atoms with E-state index in [9.17, 15) is 0 Å². The Labute approximate surface area is 147 Å². The molecule has 1 nitrogen and oxygen atoms in total. The van der Waals surface area contributed by atoms with Gasteiger partial charge in [-0.3, -0.25) is 0 Å². The predicted molar refractivity (Wildman–Crippen MR) is 107 cm³/mol. The van der Waals surface area contributed by atoms with Gasteiger partial charge in [0.1, 0.15) is 0 Å². The zero-order valence-electron chi connectivity index (χ0n) is 15.4. The van der Waals surface area contributed by atoms with Gasteiger partial charge in [0, 0.05) is 19.3 Å². The molecule has 0 N–H and O–H groups in total. The van der Waals surface area contributed by atoms with Gasteiger partial charge in [0.05, 0.1) is 0 Å². The van der Waals surface area contributed by atoms with Crippen molar-refractivity contribution in [2.75, 3.05) is 18.5 Å². The van der Waals surface area contributed by atoms with Crippen LogP contribution in [-0.4, -0.2) is 13.6 Å². The highest BCUT2D eigenvalue weighted by Gasteiger charge is 2.08. The van der Waals surface area contributed by atoms with Crippen molar-refractivity contribution in [3.63, 3.8) is 0 Å². The number of hydrogen-bond donors (Lipinski definition) is 0. The molecule has 0 saturated heterocycles. The topological polar surface area (TPSA) is 3.24 Å². The average Bonchev–Trinajstić information content (AvgIpc) is 2.60. The van der Waals surface area contributed by atoms with Crippen LogP contribution in [0.2, 0.25) is 0 Å². The van der Waals surface area contributed by atoms with Gasteiger partial charge in [0.2, 0.25) is 0 Å². The smallest absolute Gasteiger partial charge is 0.0391 e. The Morgan fingerprint density at radius 2 is 1.79 bits per heavy atom. The first kappa shape index (κ1) is 18.1. The fraction of sp³-hybridized carbons (Fsp3) is 0.304. The van der Waals surface area contributed by atoms with Crippen LogP contribution in [-0.2, 0) is 6.42 Å². The number of allylic oxidation sites excluding steroid dienone is 3. The summed E-state index contributed by atoms with van der Waals surface area (Å²) in [5.41, 5.74) is 6.91. The van der Waals surface area contributed by atoms with Crippen LogP contribution in [0.5, 0.6) is 0 Å². The van der Waals surface area contributed by atoms with Gasteiger partial charge in [0.25, 0.3) is 0 Å². The molecule has 0 fully saturated rings. The minimum atomic E-state index is 0.964. The van der Waals surface area contributed by atoms with Gasteiger partial charge >= 0.3 is 0 Å². The molecule has 0 radical (unpaired) electrons. The number of rotatable bonds is 7. The SMILES string of the molecule is C/C=C\C(Cc1cccc(C)c1)=C(/CC)CN(C)c1ccccc1. The highest BCUT2D eigenvalue weighted by molar-refractivity contribution is 5.47. The van der Waals surface area contributed by atoms with Crippen molar-refractivity contribution in [2.45, 2.75) is 33.6 Å². The first-order valence-corrected chi connectivity index (χ1v) is 8.79. The Balaban J connectivity index is 2.25. The molecule has 0 aliphatic carbocycles. The summed E-state index contributed by atoms with van der Waals surface area (Å²) in [5, 5.41) is 0. The molecule has 0 atom stereocenters. The van der Waals surface area contributed by atoms with Crippen LogP contribution in [0.25, 0.3) is 0 Å². The number of aryl methyl sites for hydroxylation is 1. The summed E-state index contributed by atoms with van der Waals surface area (Å²) in [6.07, 6.45) is 6.50. The van der Waals surface area contributed by atoms with Crippen LogP contribution in [0.15, 0.2) is 77.9 Å². The Kier molecular flexibility index (Phi) is 6.87. The summed E-state index contributed by atoms with van der Waals surface area (Å²) >= 11 is 0. The van der Waals surface area contributed by atoms with E-state index in [4.69, 9.17) is 0 Å². The molecule has 2 aromatic rings. The van der Waals surface area contributed by atoms with Gasteiger partial charge < -0.3 is 4.90 Å². The van der Waals surface area contributed by atoms with Crippen molar-refractivity contribution < 1.29 is 0 Å². The summed E-state index contributed by atoms with van der Waals surface area (Å²) < 4.78 is 0. The first-order chi connectivity index (χ1) is 11.6. The van der Waals surface area contributed by atoms with Gasteiger partial charge in [-0.2, -0.15) is 0 Å². The Bertz CT molecular complexity index is 695. The van der Waals surface area contributed by atoms with Gasteiger partial charge in [-0.1, -0.05) is 67.1 Å². The number of benzene rings is 2. The molecule has 0 spiro atoms. The average molecular weight is 319 g/mol. The molecule has 126 valence electrons. The lowest BCUT2D eigenvalue weighted by Gasteiger charge is -2.22. The van der Waals surface area contributed by atoms with Crippen LogP contribution < -0.4 is 4.90 Å². The summed E-state index contributed by atoms with van der Waals surface area (Å²) in [7, 11) is 2.17. The minimum absolute atomic E-state index is 0.964. The van der Waals surface area contributed by atoms with Crippen molar-refractivity contribution in [1.29, 1.82) is 0 Å². The van der Waals surface area contributed by atoms with Crippen LogP contribution in [0.1, 0.15) is 31.4 Å². The molecule has 0 saturated carbocycles. The third-order valence-corrected chi connectivity index (χ3v) is 4.35. The van der Waals surface area contributed by atoms with Crippen molar-refractivity contribution in [3.8, 4) is 0 Å². The maximum atomic E-state index is 2.33. The van der Waals surface area contributed by atoms with Crippen molar-refractivity contribution in [3.05, 3.63) is 89.0 Å². The molecular weight excluding hydrogens is 290 g/mol. The highest BCUT2D eigenvalue weighted by Crippen LogP contribution is 2.20. The molecule has 1 heteroatoms. The predicted octanol–water partition coefficient (Wildman–Crippen LogP) is 5.96. The molecular formula is C23H29N. The van der Waals surface area contributed by atoms with E-state index in [-0.39, 0.29) is 0 Å². The zero-order chi connectivity index (χ0) is 17.4. The summed E-state index contributed by atoms with van der Waals surface area (Å²) in [6.45, 7) is 7.48. The maximum absolute atomic E-state index is 2.33. The van der Waals surface area contributed by atoms with E-state index in [0.29, 0.717) is 0 Å². The molecule has 0 heterocycles. The van der Waals surface area contributed by atoms with Crippen molar-refractivity contribution >= 4 is 5.69 Å². The molecule has 24 heavy (non-hydrogen) atoms. The second-order valence-corrected chi connectivity index (χ2v) is 6.34. The highest BCUT2D eigenvalue weighted by atomic mass is 15.1. The lowest BCUT2D eigenvalue weighted by molar-refractivity contribution is 0.901. The van der Waals surface area contributed by atoms with Gasteiger partial charge in [-0.25, -0.2) is 0 Å². The monoisotopic (exact) mass is 319 g/mol. The van der Waals surface area contributed by atoms with E-state index in [0.717, 1.165) is 19.4 Å². The van der Waals surface area contributed by atoms with Crippen molar-refractivity contribution in [2.24, 2.45) is 0 Å². The largest absolute Gasteiger partial charge is 0.371 e. The van der Waals surface area contributed by atoms with Crippen LogP contribution in [0.4, 0.5) is 5.69 Å². The Hall–Kier alpha value is -2.28. The standard InChI is InChI=1S/C23H29N/c1-5-11-22(17-20-13-10-12-19(3)16-20)21(6-2)18-24(4)23-14-8-7-9-15-23/h5,7-16H,6,17-18H2,1-4H3/b11-5-,22-21-. The quantitative estimate of drug-likeness (QED) is 0.569. The molecule has 2 aromatic carbocycles. The van der Waals surface area contributed by atoms with E-state index >= 15 is 0 Å². The van der Waals surface area contributed by atoms with E-state index in [1.807, 2.05) is 0 Å². The van der Waals surface area contributed by atoms with Crippen LogP contribution in [0.3, 0.4) is 0 Å². The zero-order valence-corrected chi connectivity index (χ0v) is 15.4. The summed E-state index contributed by atoms with van der Waals surface area (Å²) in [5.74, 6) is 0. The second kappa shape index (κ2) is 9.12. The first-order valence-electron chi connectivity index (χ1n) is 8.79. The van der Waals surface area contributed by atoms with E-state index in [2.05, 4.69) is 99.5 Å². The Morgan fingerprint density at radius 1 is 1.04 bits per heavy atom. The molecule has 0 aromatic heterocycles. The maximum Gasteiger partial charge on any atom is 0.0391 e. The normalized spacial score (nSPS) is 12.3. The number of likely N-dealkylation sites (N-methyl/N-ethyl adjacent to an activating group) is 1. The molecule has 0 aliphatic rings. The molecule has 0 bridgehead atoms. The van der Waals surface area contributed by atoms with E-state index < -0.39 is 0 Å². The van der Waals surface area contributed by atoms with Crippen LogP contribution >= 0.6 is 0 Å². The van der Waals surface area contributed by atoms with Gasteiger partial charge in [0.15, 0.2) is 0 Å². The number of nitrogens with zero attached hydrogens (tertiary/aromatic N) is 1. The second-order valence-electron chi connectivity index (χ2n) is 6.34. The molecule has 0 amide bonds. The number of hydrogen-bond acceptors (Lipinski definition) is 1. The number of para-hydroxylation sites is 1. The van der Waals surface area contributed by atoms with E-state index in [1.165, 1.54) is 28.0 Å². The number of anilines is 1. The Morgan fingerprint density at radius 3 is 2.42 bits per heavy atom. The van der Waals surface area contributed by atoms with Gasteiger partial charge in [-0.05, 0) is 55.5 Å². The molecule has 2 rings (SSSR count).